The molecule has 0 aromatic rings. The summed E-state index contributed by atoms with van der Waals surface area (Å²) in [6.45, 7) is 10.4. The largest absolute Gasteiger partial charge is 0.313 e. The molecule has 0 spiro atoms. The summed E-state index contributed by atoms with van der Waals surface area (Å²) in [5.41, 5.74) is 0. The van der Waals surface area contributed by atoms with Crippen molar-refractivity contribution in [2.45, 2.75) is 58.3 Å². The van der Waals surface area contributed by atoms with Crippen molar-refractivity contribution in [2.24, 2.45) is 5.92 Å². The Hall–Kier alpha value is -0.0800. The van der Waals surface area contributed by atoms with Gasteiger partial charge in [0.1, 0.15) is 0 Å². The highest BCUT2D eigenvalue weighted by atomic mass is 15.4. The van der Waals surface area contributed by atoms with Gasteiger partial charge >= 0.3 is 0 Å². The molecular formula is C11H22N2. The second kappa shape index (κ2) is 3.25. The lowest BCUT2D eigenvalue weighted by Gasteiger charge is -2.14. The average molecular weight is 182 g/mol. The van der Waals surface area contributed by atoms with Crippen molar-refractivity contribution in [3.63, 3.8) is 0 Å². The van der Waals surface area contributed by atoms with Gasteiger partial charge < -0.3 is 5.32 Å². The van der Waals surface area contributed by atoms with Gasteiger partial charge in [-0.3, -0.25) is 4.90 Å². The molecule has 2 aliphatic rings. The lowest BCUT2D eigenvalue weighted by atomic mass is 9.99. The fraction of sp³-hybridized carbons (Fsp3) is 1.00. The van der Waals surface area contributed by atoms with Crippen molar-refractivity contribution < 1.29 is 0 Å². The summed E-state index contributed by atoms with van der Waals surface area (Å²) in [5, 5.41) is 3.54. The number of rotatable bonds is 3. The van der Waals surface area contributed by atoms with Crippen LogP contribution in [0.3, 0.4) is 0 Å². The van der Waals surface area contributed by atoms with Crippen molar-refractivity contribution >= 4 is 0 Å². The number of hydrogen-bond acceptors (Lipinski definition) is 2. The standard InChI is InChI=1S/C11H22N2/c1-7(2)12-6-10-11-8(3)5-9(4)13(10)11/h7-12H,5-6H2,1-4H3/t8?,9?,10-,11+,13-/m1/s1. The zero-order chi connectivity index (χ0) is 9.59. The van der Waals surface area contributed by atoms with Crippen LogP contribution < -0.4 is 5.32 Å². The van der Waals surface area contributed by atoms with Gasteiger partial charge in [0.2, 0.25) is 0 Å². The third kappa shape index (κ3) is 1.62. The Labute approximate surface area is 81.7 Å². The van der Waals surface area contributed by atoms with E-state index in [9.17, 15) is 0 Å². The summed E-state index contributed by atoms with van der Waals surface area (Å²) >= 11 is 0. The van der Waals surface area contributed by atoms with Crippen LogP contribution in [-0.4, -0.2) is 35.6 Å². The summed E-state index contributed by atoms with van der Waals surface area (Å²) in [6, 6.07) is 3.22. The van der Waals surface area contributed by atoms with E-state index in [1.54, 1.807) is 0 Å². The second-order valence-corrected chi connectivity index (χ2v) is 5.13. The number of hydrogen-bond donors (Lipinski definition) is 1. The van der Waals surface area contributed by atoms with E-state index in [-0.39, 0.29) is 0 Å². The predicted octanol–water partition coefficient (Wildman–Crippen LogP) is 1.47. The lowest BCUT2D eigenvalue weighted by molar-refractivity contribution is 0.390. The van der Waals surface area contributed by atoms with E-state index < -0.39 is 0 Å². The number of nitrogens with one attached hydrogen (secondary N) is 1. The van der Waals surface area contributed by atoms with Gasteiger partial charge in [-0.1, -0.05) is 20.8 Å². The minimum absolute atomic E-state index is 0.633. The maximum atomic E-state index is 3.54. The smallest absolute Gasteiger partial charge is 0.0385 e. The van der Waals surface area contributed by atoms with Crippen LogP contribution in [0.4, 0.5) is 0 Å². The fourth-order valence-corrected chi connectivity index (χ4v) is 3.00. The third-order valence-corrected chi connectivity index (χ3v) is 3.57. The first-order chi connectivity index (χ1) is 6.11. The van der Waals surface area contributed by atoms with Crippen molar-refractivity contribution in [3.05, 3.63) is 0 Å². The molecule has 2 fully saturated rings. The highest BCUT2D eigenvalue weighted by Gasteiger charge is 2.57. The Kier molecular flexibility index (Phi) is 2.37. The topological polar surface area (TPSA) is 15.0 Å². The number of piperidine rings is 1. The van der Waals surface area contributed by atoms with Crippen LogP contribution in [0, 0.1) is 5.92 Å². The van der Waals surface area contributed by atoms with Crippen LogP contribution >= 0.6 is 0 Å². The van der Waals surface area contributed by atoms with Gasteiger partial charge in [0.25, 0.3) is 0 Å². The van der Waals surface area contributed by atoms with Crippen LogP contribution in [0.15, 0.2) is 0 Å². The molecule has 0 aromatic heterocycles. The molecule has 76 valence electrons. The molecule has 2 rings (SSSR count). The minimum Gasteiger partial charge on any atom is -0.313 e. The molecule has 0 bridgehead atoms. The van der Waals surface area contributed by atoms with Crippen molar-refractivity contribution in [1.82, 2.24) is 10.2 Å². The maximum Gasteiger partial charge on any atom is 0.0385 e. The maximum absolute atomic E-state index is 3.54. The highest BCUT2D eigenvalue weighted by molar-refractivity contribution is 5.13. The van der Waals surface area contributed by atoms with E-state index in [1.165, 1.54) is 13.0 Å². The first-order valence-corrected chi connectivity index (χ1v) is 5.62. The second-order valence-electron chi connectivity index (χ2n) is 5.13. The molecule has 2 heterocycles. The molecule has 2 heteroatoms. The van der Waals surface area contributed by atoms with E-state index in [0.29, 0.717) is 6.04 Å². The summed E-state index contributed by atoms with van der Waals surface area (Å²) in [6.07, 6.45) is 1.41. The third-order valence-electron chi connectivity index (χ3n) is 3.57. The summed E-state index contributed by atoms with van der Waals surface area (Å²) in [4.78, 5) is 2.68. The Morgan fingerprint density at radius 1 is 1.38 bits per heavy atom. The molecule has 2 unspecified atom stereocenters. The molecule has 2 aliphatic heterocycles. The van der Waals surface area contributed by atoms with Crippen molar-refractivity contribution in [3.8, 4) is 0 Å². The van der Waals surface area contributed by atoms with E-state index >= 15 is 0 Å². The van der Waals surface area contributed by atoms with Gasteiger partial charge in [-0.2, -0.15) is 0 Å². The molecule has 0 aliphatic carbocycles. The van der Waals surface area contributed by atoms with Crippen LogP contribution in [0.1, 0.15) is 34.1 Å². The molecular weight excluding hydrogens is 160 g/mol. The molecule has 5 atom stereocenters. The molecule has 1 N–H and O–H groups in total. The van der Waals surface area contributed by atoms with Gasteiger partial charge in [-0.15, -0.1) is 0 Å². The normalized spacial score (nSPS) is 48.2. The summed E-state index contributed by atoms with van der Waals surface area (Å²) < 4.78 is 0. The van der Waals surface area contributed by atoms with E-state index in [0.717, 1.165) is 24.0 Å². The first kappa shape index (κ1) is 9.47. The Morgan fingerprint density at radius 2 is 2.08 bits per heavy atom. The molecule has 0 saturated carbocycles. The first-order valence-electron chi connectivity index (χ1n) is 5.62. The van der Waals surface area contributed by atoms with Gasteiger partial charge in [0.05, 0.1) is 0 Å². The van der Waals surface area contributed by atoms with Crippen LogP contribution in [-0.2, 0) is 0 Å². The SMILES string of the molecule is CC(C)NC[C@@H]1[C@@H]2C(C)CC(C)[N@]12. The Balaban J connectivity index is 1.80. The van der Waals surface area contributed by atoms with E-state index in [1.807, 2.05) is 0 Å². The monoisotopic (exact) mass is 182 g/mol. The summed E-state index contributed by atoms with van der Waals surface area (Å²) in [5.74, 6) is 0.925. The quantitative estimate of drug-likeness (QED) is 0.665. The van der Waals surface area contributed by atoms with Crippen molar-refractivity contribution in [2.75, 3.05) is 6.54 Å². The predicted molar refractivity (Wildman–Crippen MR) is 55.8 cm³/mol. The lowest BCUT2D eigenvalue weighted by Crippen LogP contribution is -2.31. The molecule has 0 amide bonds. The highest BCUT2D eigenvalue weighted by Crippen LogP contribution is 2.45. The molecule has 2 nitrogen and oxygen atoms in total. The van der Waals surface area contributed by atoms with Crippen molar-refractivity contribution in [1.29, 1.82) is 0 Å². The van der Waals surface area contributed by atoms with E-state index in [4.69, 9.17) is 0 Å². The molecule has 0 radical (unpaired) electrons. The van der Waals surface area contributed by atoms with E-state index in [2.05, 4.69) is 37.9 Å². The zero-order valence-corrected chi connectivity index (χ0v) is 9.25. The number of nitrogens with zero attached hydrogens (tertiary/aromatic N) is 1. The Bertz CT molecular complexity index is 177. The van der Waals surface area contributed by atoms with Gasteiger partial charge in [-0.05, 0) is 19.3 Å². The minimum atomic E-state index is 0.633. The van der Waals surface area contributed by atoms with Gasteiger partial charge in [0.15, 0.2) is 0 Å². The number of fused-ring (bicyclic) bond motifs is 1. The average Bonchev–Trinajstić information content (AvgIpc) is 2.66. The zero-order valence-electron chi connectivity index (χ0n) is 9.25. The van der Waals surface area contributed by atoms with Crippen LogP contribution in [0.2, 0.25) is 0 Å². The fourth-order valence-electron chi connectivity index (χ4n) is 3.00. The molecule has 13 heavy (non-hydrogen) atoms. The van der Waals surface area contributed by atoms with Crippen LogP contribution in [0.25, 0.3) is 0 Å². The molecule has 0 aromatic carbocycles. The Morgan fingerprint density at radius 3 is 2.54 bits per heavy atom. The van der Waals surface area contributed by atoms with Gasteiger partial charge in [0, 0.05) is 30.7 Å². The van der Waals surface area contributed by atoms with Crippen LogP contribution in [0.5, 0.6) is 0 Å². The summed E-state index contributed by atoms with van der Waals surface area (Å²) in [7, 11) is 0. The molecule has 2 saturated heterocycles. The van der Waals surface area contributed by atoms with Gasteiger partial charge in [-0.25, -0.2) is 0 Å².